The molecule has 0 aliphatic carbocycles. The van der Waals surface area contributed by atoms with Gasteiger partial charge in [0.1, 0.15) is 11.6 Å². The zero-order valence-corrected chi connectivity index (χ0v) is 16.1. The maximum Gasteiger partial charge on any atom is 0.227 e. The summed E-state index contributed by atoms with van der Waals surface area (Å²) < 4.78 is 13.1. The third kappa shape index (κ3) is 4.31. The lowest BCUT2D eigenvalue weighted by molar-refractivity contribution is 0.622. The van der Waals surface area contributed by atoms with Gasteiger partial charge in [-0.25, -0.2) is 9.37 Å². The number of anilines is 3. The predicted molar refractivity (Wildman–Crippen MR) is 108 cm³/mol. The summed E-state index contributed by atoms with van der Waals surface area (Å²) in [6, 6.07) is 8.87. The van der Waals surface area contributed by atoms with Crippen LogP contribution in [0.4, 0.5) is 21.8 Å². The summed E-state index contributed by atoms with van der Waals surface area (Å²) in [7, 11) is 0. The Morgan fingerprint density at radius 3 is 2.04 bits per heavy atom. The van der Waals surface area contributed by atoms with Crippen LogP contribution in [0.5, 0.6) is 0 Å². The number of rotatable bonds is 3. The second kappa shape index (κ2) is 8.11. The van der Waals surface area contributed by atoms with Gasteiger partial charge in [-0.15, -0.1) is 0 Å². The molecular formula is C21H28FN5. The number of aryl methyl sites for hydroxylation is 1. The SMILES string of the molecule is Cc1cc(N2CCCCCC2)nc(N2CCN(c3ccc(F)cc3)CC2)n1. The summed E-state index contributed by atoms with van der Waals surface area (Å²) >= 11 is 0. The molecular weight excluding hydrogens is 341 g/mol. The van der Waals surface area contributed by atoms with E-state index in [1.807, 2.05) is 12.1 Å². The Bertz CT molecular complexity index is 748. The highest BCUT2D eigenvalue weighted by atomic mass is 19.1. The summed E-state index contributed by atoms with van der Waals surface area (Å²) in [5.41, 5.74) is 2.10. The molecule has 0 spiro atoms. The molecule has 0 amide bonds. The largest absolute Gasteiger partial charge is 0.368 e. The molecule has 5 nitrogen and oxygen atoms in total. The van der Waals surface area contributed by atoms with Gasteiger partial charge in [0.15, 0.2) is 0 Å². The average molecular weight is 369 g/mol. The van der Waals surface area contributed by atoms with Gasteiger partial charge in [-0.3, -0.25) is 0 Å². The number of nitrogens with zero attached hydrogens (tertiary/aromatic N) is 5. The van der Waals surface area contributed by atoms with Gasteiger partial charge in [-0.1, -0.05) is 12.8 Å². The van der Waals surface area contributed by atoms with Crippen LogP contribution in [0.2, 0.25) is 0 Å². The first-order chi connectivity index (χ1) is 13.2. The molecule has 3 heterocycles. The Morgan fingerprint density at radius 1 is 0.741 bits per heavy atom. The van der Waals surface area contributed by atoms with E-state index in [0.29, 0.717) is 0 Å². The molecule has 2 fully saturated rings. The maximum absolute atomic E-state index is 13.1. The van der Waals surface area contributed by atoms with Crippen molar-refractivity contribution in [3.63, 3.8) is 0 Å². The molecule has 4 rings (SSSR count). The molecule has 2 aliphatic rings. The fourth-order valence-corrected chi connectivity index (χ4v) is 3.96. The maximum atomic E-state index is 13.1. The molecule has 0 N–H and O–H groups in total. The molecule has 27 heavy (non-hydrogen) atoms. The van der Waals surface area contributed by atoms with E-state index in [1.54, 1.807) is 0 Å². The summed E-state index contributed by atoms with van der Waals surface area (Å²) in [4.78, 5) is 16.6. The van der Waals surface area contributed by atoms with Crippen LogP contribution in [-0.2, 0) is 0 Å². The first-order valence-corrected chi connectivity index (χ1v) is 10.1. The Balaban J connectivity index is 1.45. The van der Waals surface area contributed by atoms with Crippen LogP contribution < -0.4 is 14.7 Å². The molecule has 0 atom stereocenters. The zero-order chi connectivity index (χ0) is 18.6. The van der Waals surface area contributed by atoms with Crippen LogP contribution in [0.25, 0.3) is 0 Å². The number of hydrogen-bond donors (Lipinski definition) is 0. The first kappa shape index (κ1) is 18.0. The minimum atomic E-state index is -0.188. The summed E-state index contributed by atoms with van der Waals surface area (Å²) in [5.74, 6) is 1.72. The van der Waals surface area contributed by atoms with Gasteiger partial charge in [-0.2, -0.15) is 4.98 Å². The highest BCUT2D eigenvalue weighted by molar-refractivity contribution is 5.50. The normalized spacial score (nSPS) is 18.5. The standard InChI is InChI=1S/C21H28FN5/c1-17-16-20(26-10-4-2-3-5-11-26)24-21(23-17)27-14-12-25(13-15-27)19-8-6-18(22)7-9-19/h6-9,16H,2-5,10-15H2,1H3. The summed E-state index contributed by atoms with van der Waals surface area (Å²) in [5, 5.41) is 0. The van der Waals surface area contributed by atoms with Gasteiger partial charge < -0.3 is 14.7 Å². The third-order valence-corrected chi connectivity index (χ3v) is 5.51. The summed E-state index contributed by atoms with van der Waals surface area (Å²) in [6.45, 7) is 7.77. The number of aromatic nitrogens is 2. The van der Waals surface area contributed by atoms with Crippen molar-refractivity contribution in [1.82, 2.24) is 9.97 Å². The Labute approximate surface area is 160 Å². The molecule has 2 aromatic rings. The van der Waals surface area contributed by atoms with E-state index in [1.165, 1.54) is 37.8 Å². The Kier molecular flexibility index (Phi) is 5.41. The third-order valence-electron chi connectivity index (χ3n) is 5.51. The minimum Gasteiger partial charge on any atom is -0.368 e. The van der Waals surface area contributed by atoms with Crippen LogP contribution in [-0.4, -0.2) is 49.2 Å². The van der Waals surface area contributed by atoms with Crippen molar-refractivity contribution in [3.05, 3.63) is 41.8 Å². The second-order valence-electron chi connectivity index (χ2n) is 7.52. The van der Waals surface area contributed by atoms with E-state index in [2.05, 4.69) is 27.7 Å². The second-order valence-corrected chi connectivity index (χ2v) is 7.52. The Hall–Kier alpha value is -2.37. The van der Waals surface area contributed by atoms with E-state index in [9.17, 15) is 4.39 Å². The van der Waals surface area contributed by atoms with Gasteiger partial charge in [0.2, 0.25) is 5.95 Å². The van der Waals surface area contributed by atoms with Crippen molar-refractivity contribution in [1.29, 1.82) is 0 Å². The van der Waals surface area contributed by atoms with E-state index >= 15 is 0 Å². The molecule has 0 unspecified atom stereocenters. The summed E-state index contributed by atoms with van der Waals surface area (Å²) in [6.07, 6.45) is 5.13. The van der Waals surface area contributed by atoms with Crippen LogP contribution in [0.3, 0.4) is 0 Å². The number of hydrogen-bond acceptors (Lipinski definition) is 5. The highest BCUT2D eigenvalue weighted by Crippen LogP contribution is 2.23. The fourth-order valence-electron chi connectivity index (χ4n) is 3.96. The Morgan fingerprint density at radius 2 is 1.37 bits per heavy atom. The lowest BCUT2D eigenvalue weighted by Crippen LogP contribution is -2.47. The first-order valence-electron chi connectivity index (χ1n) is 10.1. The van der Waals surface area contributed by atoms with Crippen molar-refractivity contribution in [2.24, 2.45) is 0 Å². The number of benzene rings is 1. The van der Waals surface area contributed by atoms with Crippen molar-refractivity contribution in [3.8, 4) is 0 Å². The molecule has 0 radical (unpaired) electrons. The molecule has 144 valence electrons. The smallest absolute Gasteiger partial charge is 0.227 e. The van der Waals surface area contributed by atoms with Crippen LogP contribution in [0.1, 0.15) is 31.4 Å². The number of piperazine rings is 1. The molecule has 2 saturated heterocycles. The molecule has 0 saturated carbocycles. The monoisotopic (exact) mass is 369 g/mol. The highest BCUT2D eigenvalue weighted by Gasteiger charge is 2.21. The van der Waals surface area contributed by atoms with Gasteiger partial charge in [0, 0.05) is 56.7 Å². The molecule has 0 bridgehead atoms. The van der Waals surface area contributed by atoms with Crippen molar-refractivity contribution in [2.75, 3.05) is 54.0 Å². The molecule has 1 aromatic carbocycles. The van der Waals surface area contributed by atoms with E-state index in [0.717, 1.165) is 62.4 Å². The minimum absolute atomic E-state index is 0.188. The van der Waals surface area contributed by atoms with Gasteiger partial charge in [0.05, 0.1) is 0 Å². The van der Waals surface area contributed by atoms with E-state index in [-0.39, 0.29) is 5.82 Å². The van der Waals surface area contributed by atoms with Crippen molar-refractivity contribution >= 4 is 17.5 Å². The molecule has 1 aromatic heterocycles. The van der Waals surface area contributed by atoms with Gasteiger partial charge in [0.25, 0.3) is 0 Å². The topological polar surface area (TPSA) is 35.5 Å². The molecule has 6 heteroatoms. The lowest BCUT2D eigenvalue weighted by atomic mass is 10.2. The van der Waals surface area contributed by atoms with Crippen LogP contribution >= 0.6 is 0 Å². The van der Waals surface area contributed by atoms with E-state index < -0.39 is 0 Å². The van der Waals surface area contributed by atoms with E-state index in [4.69, 9.17) is 9.97 Å². The van der Waals surface area contributed by atoms with Crippen LogP contribution in [0.15, 0.2) is 30.3 Å². The van der Waals surface area contributed by atoms with Crippen molar-refractivity contribution in [2.45, 2.75) is 32.6 Å². The fraction of sp³-hybridized carbons (Fsp3) is 0.524. The van der Waals surface area contributed by atoms with Gasteiger partial charge in [-0.05, 0) is 44.0 Å². The predicted octanol–water partition coefficient (Wildman–Crippen LogP) is 3.63. The quantitative estimate of drug-likeness (QED) is 0.826. The number of halogens is 1. The average Bonchev–Trinajstić information content (AvgIpc) is 2.98. The lowest BCUT2D eigenvalue weighted by Gasteiger charge is -2.36. The zero-order valence-electron chi connectivity index (χ0n) is 16.1. The van der Waals surface area contributed by atoms with Gasteiger partial charge >= 0.3 is 0 Å². The van der Waals surface area contributed by atoms with Crippen molar-refractivity contribution < 1.29 is 4.39 Å². The van der Waals surface area contributed by atoms with Crippen LogP contribution in [0, 0.1) is 12.7 Å². The molecule has 2 aliphatic heterocycles.